The highest BCUT2D eigenvalue weighted by molar-refractivity contribution is 6.43. The van der Waals surface area contributed by atoms with Crippen LogP contribution in [0.1, 0.15) is 22.8 Å². The molecule has 0 fully saturated rings. The molecule has 0 aromatic heterocycles. The number of anilines is 1. The van der Waals surface area contributed by atoms with Gasteiger partial charge in [-0.05, 0) is 61.0 Å². The van der Waals surface area contributed by atoms with Crippen molar-refractivity contribution >= 4 is 52.9 Å². The average Bonchev–Trinajstić information content (AvgIpc) is 2.83. The molecule has 0 bridgehead atoms. The van der Waals surface area contributed by atoms with Crippen molar-refractivity contribution in [3.05, 3.63) is 87.9 Å². The molecule has 3 aromatic carbocycles. The third kappa shape index (κ3) is 6.81. The van der Waals surface area contributed by atoms with Crippen LogP contribution in [0.5, 0.6) is 11.5 Å². The quantitative estimate of drug-likeness (QED) is 0.161. The van der Waals surface area contributed by atoms with Crippen LogP contribution >= 0.6 is 23.2 Å². The normalized spacial score (nSPS) is 10.6. The van der Waals surface area contributed by atoms with Gasteiger partial charge in [-0.2, -0.15) is 5.10 Å². The largest absolute Gasteiger partial charge is 0.490 e. The molecule has 0 saturated heterocycles. The lowest BCUT2D eigenvalue weighted by molar-refractivity contribution is -0.136. The van der Waals surface area contributed by atoms with Crippen LogP contribution in [0.15, 0.2) is 71.8 Å². The number of nitrogens with zero attached hydrogens (tertiary/aromatic N) is 1. The minimum absolute atomic E-state index is 0.234. The number of nitrogens with one attached hydrogen (secondary N) is 2. The van der Waals surface area contributed by atoms with Crippen LogP contribution < -0.4 is 20.2 Å². The molecule has 0 aliphatic carbocycles. The summed E-state index contributed by atoms with van der Waals surface area (Å²) in [5, 5.41) is 6.72. The number of hydrogen-bond donors (Lipinski definition) is 2. The molecule has 3 rings (SSSR count). The Morgan fingerprint density at radius 2 is 1.68 bits per heavy atom. The molecule has 0 unspecified atom stereocenters. The third-order valence-corrected chi connectivity index (χ3v) is 4.98. The van der Waals surface area contributed by atoms with Crippen molar-refractivity contribution in [2.75, 3.05) is 11.9 Å². The van der Waals surface area contributed by atoms with Crippen molar-refractivity contribution in [2.45, 2.75) is 6.92 Å². The van der Waals surface area contributed by atoms with Gasteiger partial charge in [0.1, 0.15) is 0 Å². The Labute approximate surface area is 205 Å². The van der Waals surface area contributed by atoms with Gasteiger partial charge in [-0.15, -0.1) is 0 Å². The molecule has 0 atom stereocenters. The SMILES string of the molecule is CCOc1cc(C=NNC(=O)C(=O)Nc2ccc(Cl)c(Cl)c2)ccc1OC(=O)c1ccccc1. The first-order valence-electron chi connectivity index (χ1n) is 10.0. The highest BCUT2D eigenvalue weighted by atomic mass is 35.5. The standard InChI is InChI=1S/C24H19Cl2N3O5/c1-2-33-21-12-15(8-11-20(21)34-24(32)16-6-4-3-5-7-16)14-27-29-23(31)22(30)28-17-9-10-18(25)19(26)13-17/h3-14H,2H2,1H3,(H,28,30)(H,29,31). The predicted octanol–water partition coefficient (Wildman–Crippen LogP) is 4.70. The summed E-state index contributed by atoms with van der Waals surface area (Å²) in [6.07, 6.45) is 1.32. The summed E-state index contributed by atoms with van der Waals surface area (Å²) in [7, 11) is 0. The number of hydrogen-bond acceptors (Lipinski definition) is 6. The van der Waals surface area contributed by atoms with Crippen molar-refractivity contribution in [1.29, 1.82) is 0 Å². The Balaban J connectivity index is 1.62. The zero-order valence-electron chi connectivity index (χ0n) is 17.9. The minimum Gasteiger partial charge on any atom is -0.490 e. The van der Waals surface area contributed by atoms with E-state index in [0.29, 0.717) is 34.2 Å². The van der Waals surface area contributed by atoms with Gasteiger partial charge < -0.3 is 14.8 Å². The second-order valence-corrected chi connectivity index (χ2v) is 7.49. The molecular formula is C24H19Cl2N3O5. The van der Waals surface area contributed by atoms with E-state index in [4.69, 9.17) is 32.7 Å². The van der Waals surface area contributed by atoms with Gasteiger partial charge >= 0.3 is 17.8 Å². The van der Waals surface area contributed by atoms with E-state index in [1.165, 1.54) is 24.4 Å². The van der Waals surface area contributed by atoms with Gasteiger partial charge in [0.2, 0.25) is 0 Å². The summed E-state index contributed by atoms with van der Waals surface area (Å²) in [4.78, 5) is 36.3. The Hall–Kier alpha value is -3.88. The van der Waals surface area contributed by atoms with Crippen LogP contribution in [0.3, 0.4) is 0 Å². The molecule has 174 valence electrons. The molecule has 10 heteroatoms. The number of carbonyl (C=O) groups is 3. The zero-order valence-corrected chi connectivity index (χ0v) is 19.4. The summed E-state index contributed by atoms with van der Waals surface area (Å²) in [6.45, 7) is 2.12. The molecule has 0 aliphatic heterocycles. The summed E-state index contributed by atoms with van der Waals surface area (Å²) >= 11 is 11.7. The maximum absolute atomic E-state index is 12.3. The van der Waals surface area contributed by atoms with E-state index in [9.17, 15) is 14.4 Å². The molecule has 2 amide bonds. The van der Waals surface area contributed by atoms with Gasteiger partial charge in [0.25, 0.3) is 0 Å². The molecule has 8 nitrogen and oxygen atoms in total. The van der Waals surface area contributed by atoms with Crippen molar-refractivity contribution < 1.29 is 23.9 Å². The molecule has 0 spiro atoms. The number of carbonyl (C=O) groups excluding carboxylic acids is 3. The van der Waals surface area contributed by atoms with Gasteiger partial charge in [-0.3, -0.25) is 9.59 Å². The number of ether oxygens (including phenoxy) is 2. The lowest BCUT2D eigenvalue weighted by Gasteiger charge is -2.11. The van der Waals surface area contributed by atoms with E-state index >= 15 is 0 Å². The number of hydrazone groups is 1. The van der Waals surface area contributed by atoms with E-state index in [0.717, 1.165) is 0 Å². The Bertz CT molecular complexity index is 1230. The van der Waals surface area contributed by atoms with Crippen molar-refractivity contribution in [2.24, 2.45) is 5.10 Å². The number of rotatable bonds is 7. The average molecular weight is 500 g/mol. The molecule has 34 heavy (non-hydrogen) atoms. The first kappa shape index (κ1) is 24.8. The number of halogens is 2. The fourth-order valence-corrected chi connectivity index (χ4v) is 2.97. The summed E-state index contributed by atoms with van der Waals surface area (Å²) in [5.41, 5.74) is 3.37. The Morgan fingerprint density at radius 3 is 2.38 bits per heavy atom. The number of esters is 1. The topological polar surface area (TPSA) is 106 Å². The Morgan fingerprint density at radius 1 is 0.912 bits per heavy atom. The van der Waals surface area contributed by atoms with E-state index < -0.39 is 17.8 Å². The maximum atomic E-state index is 12.3. The lowest BCUT2D eigenvalue weighted by Crippen LogP contribution is -2.32. The molecule has 0 heterocycles. The highest BCUT2D eigenvalue weighted by Gasteiger charge is 2.15. The minimum atomic E-state index is -0.985. The van der Waals surface area contributed by atoms with E-state index in [2.05, 4.69) is 15.8 Å². The van der Waals surface area contributed by atoms with Crippen molar-refractivity contribution in [3.63, 3.8) is 0 Å². The van der Waals surface area contributed by atoms with Crippen LogP contribution in [0.4, 0.5) is 5.69 Å². The summed E-state index contributed by atoms with van der Waals surface area (Å²) < 4.78 is 11.0. The van der Waals surface area contributed by atoms with Gasteiger partial charge in [0, 0.05) is 5.69 Å². The summed E-state index contributed by atoms with van der Waals surface area (Å²) in [5.74, 6) is -1.89. The first-order valence-corrected chi connectivity index (χ1v) is 10.8. The van der Waals surface area contributed by atoms with E-state index in [1.54, 1.807) is 55.5 Å². The van der Waals surface area contributed by atoms with Gasteiger partial charge in [-0.25, -0.2) is 10.2 Å². The maximum Gasteiger partial charge on any atom is 0.343 e. The zero-order chi connectivity index (χ0) is 24.5. The molecule has 0 saturated carbocycles. The van der Waals surface area contributed by atoms with Gasteiger partial charge in [-0.1, -0.05) is 41.4 Å². The van der Waals surface area contributed by atoms with Gasteiger partial charge in [0.05, 0.1) is 28.4 Å². The Kier molecular flexibility index (Phi) is 8.61. The van der Waals surface area contributed by atoms with Crippen LogP contribution in [-0.4, -0.2) is 30.6 Å². The fourth-order valence-electron chi connectivity index (χ4n) is 2.67. The smallest absolute Gasteiger partial charge is 0.343 e. The lowest BCUT2D eigenvalue weighted by atomic mass is 10.2. The molecule has 0 radical (unpaired) electrons. The molecular weight excluding hydrogens is 481 g/mol. The van der Waals surface area contributed by atoms with E-state index in [1.807, 2.05) is 0 Å². The monoisotopic (exact) mass is 499 g/mol. The van der Waals surface area contributed by atoms with Gasteiger partial charge in [0.15, 0.2) is 11.5 Å². The van der Waals surface area contributed by atoms with Crippen LogP contribution in [0, 0.1) is 0 Å². The highest BCUT2D eigenvalue weighted by Crippen LogP contribution is 2.29. The second-order valence-electron chi connectivity index (χ2n) is 6.68. The van der Waals surface area contributed by atoms with Crippen LogP contribution in [0.2, 0.25) is 10.0 Å². The molecule has 2 N–H and O–H groups in total. The first-order chi connectivity index (χ1) is 16.4. The van der Waals surface area contributed by atoms with Crippen molar-refractivity contribution in [3.8, 4) is 11.5 Å². The molecule has 0 aliphatic rings. The number of amides is 2. The second kappa shape index (κ2) is 11.8. The third-order valence-electron chi connectivity index (χ3n) is 4.24. The summed E-state index contributed by atoms with van der Waals surface area (Å²) in [6, 6.07) is 17.7. The van der Waals surface area contributed by atoms with Crippen LogP contribution in [0.25, 0.3) is 0 Å². The predicted molar refractivity (Wildman–Crippen MR) is 130 cm³/mol. The molecule has 3 aromatic rings. The van der Waals surface area contributed by atoms with E-state index in [-0.39, 0.29) is 10.8 Å². The number of benzene rings is 3. The van der Waals surface area contributed by atoms with Crippen molar-refractivity contribution in [1.82, 2.24) is 5.43 Å². The van der Waals surface area contributed by atoms with Crippen LogP contribution in [-0.2, 0) is 9.59 Å². The fraction of sp³-hybridized carbons (Fsp3) is 0.0833.